The number of benzene rings is 1. The van der Waals surface area contributed by atoms with Crippen LogP contribution in [0.5, 0.6) is 0 Å². The van der Waals surface area contributed by atoms with Crippen LogP contribution in [0, 0.1) is 6.92 Å². The van der Waals surface area contributed by atoms with Gasteiger partial charge in [-0.25, -0.2) is 0 Å². The summed E-state index contributed by atoms with van der Waals surface area (Å²) in [5.41, 5.74) is 3.24. The maximum Gasteiger partial charge on any atom is 0.235 e. The zero-order valence-electron chi connectivity index (χ0n) is 11.2. The summed E-state index contributed by atoms with van der Waals surface area (Å²) in [7, 11) is 1.86. The normalized spacial score (nSPS) is 18.4. The molecule has 1 aliphatic rings. The molecule has 0 saturated heterocycles. The van der Waals surface area contributed by atoms with Crippen molar-refractivity contribution in [1.29, 1.82) is 0 Å². The Labute approximate surface area is 130 Å². The molecule has 0 saturated carbocycles. The van der Waals surface area contributed by atoms with Crippen molar-refractivity contribution in [2.45, 2.75) is 12.2 Å². The molecule has 20 heavy (non-hydrogen) atoms. The lowest BCUT2D eigenvalue weighted by atomic mass is 10.0. The molecule has 1 unspecified atom stereocenters. The average Bonchev–Trinajstić information content (AvgIpc) is 2.59. The first-order valence-electron chi connectivity index (χ1n) is 6.26. The van der Waals surface area contributed by atoms with Gasteiger partial charge in [0.1, 0.15) is 5.82 Å². The van der Waals surface area contributed by atoms with Crippen LogP contribution in [0.2, 0.25) is 0 Å². The topological polar surface area (TPSA) is 46.9 Å². The molecule has 0 aliphatic carbocycles. The van der Waals surface area contributed by atoms with E-state index in [0.717, 1.165) is 21.5 Å². The lowest BCUT2D eigenvalue weighted by molar-refractivity contribution is -0.113. The highest BCUT2D eigenvalue weighted by molar-refractivity contribution is 9.10. The Balaban J connectivity index is 2.15. The molecule has 3 rings (SSSR count). The van der Waals surface area contributed by atoms with Crippen molar-refractivity contribution in [3.8, 4) is 0 Å². The molecule has 4 nitrogen and oxygen atoms in total. The van der Waals surface area contributed by atoms with E-state index in [2.05, 4.69) is 38.5 Å². The zero-order chi connectivity index (χ0) is 14.3. The summed E-state index contributed by atoms with van der Waals surface area (Å²) in [6.45, 7) is 1.99. The van der Waals surface area contributed by atoms with Crippen LogP contribution in [-0.2, 0) is 11.8 Å². The van der Waals surface area contributed by atoms with Crippen LogP contribution in [0.4, 0.5) is 5.82 Å². The van der Waals surface area contributed by atoms with Crippen molar-refractivity contribution < 1.29 is 4.79 Å². The highest BCUT2D eigenvalue weighted by Gasteiger charge is 2.29. The van der Waals surface area contributed by atoms with Crippen LogP contribution >= 0.6 is 27.7 Å². The fraction of sp³-hybridized carbons (Fsp3) is 0.286. The van der Waals surface area contributed by atoms with Gasteiger partial charge in [0.2, 0.25) is 5.91 Å². The molecule has 1 amide bonds. The Bertz CT molecular complexity index is 683. The molecule has 1 N–H and O–H groups in total. The number of rotatable bonds is 1. The maximum atomic E-state index is 11.9. The molecule has 2 heterocycles. The van der Waals surface area contributed by atoms with Gasteiger partial charge in [-0.05, 0) is 24.6 Å². The van der Waals surface area contributed by atoms with Gasteiger partial charge < -0.3 is 5.32 Å². The third-order valence-corrected chi connectivity index (χ3v) is 5.08. The molecule has 0 spiro atoms. The number of carbonyl (C=O) groups excluding carboxylic acids is 1. The SMILES string of the molecule is Cc1nn(C)c2c1C(c1cccc(Br)c1)SCC(=O)N2. The Morgan fingerprint density at radius 2 is 2.30 bits per heavy atom. The molecule has 2 aromatic rings. The van der Waals surface area contributed by atoms with E-state index in [-0.39, 0.29) is 11.2 Å². The van der Waals surface area contributed by atoms with E-state index in [9.17, 15) is 4.79 Å². The molecular formula is C14H14BrN3OS. The number of amides is 1. The highest BCUT2D eigenvalue weighted by Crippen LogP contribution is 2.43. The molecular weight excluding hydrogens is 338 g/mol. The summed E-state index contributed by atoms with van der Waals surface area (Å²) in [6.07, 6.45) is 0. The minimum Gasteiger partial charge on any atom is -0.310 e. The van der Waals surface area contributed by atoms with Crippen molar-refractivity contribution in [2.24, 2.45) is 7.05 Å². The van der Waals surface area contributed by atoms with Crippen molar-refractivity contribution in [3.05, 3.63) is 45.6 Å². The average molecular weight is 352 g/mol. The molecule has 0 radical (unpaired) electrons. The van der Waals surface area contributed by atoms with E-state index in [0.29, 0.717) is 5.75 Å². The number of thioether (sulfide) groups is 1. The van der Waals surface area contributed by atoms with Crippen molar-refractivity contribution in [3.63, 3.8) is 0 Å². The summed E-state index contributed by atoms with van der Waals surface area (Å²) < 4.78 is 2.79. The molecule has 6 heteroatoms. The van der Waals surface area contributed by atoms with Gasteiger partial charge in [0.15, 0.2) is 0 Å². The van der Waals surface area contributed by atoms with E-state index < -0.39 is 0 Å². The highest BCUT2D eigenvalue weighted by atomic mass is 79.9. The number of hydrogen-bond acceptors (Lipinski definition) is 3. The predicted octanol–water partition coefficient (Wildman–Crippen LogP) is 3.27. The van der Waals surface area contributed by atoms with E-state index >= 15 is 0 Å². The Morgan fingerprint density at radius 3 is 3.05 bits per heavy atom. The number of aryl methyl sites for hydroxylation is 2. The van der Waals surface area contributed by atoms with Crippen LogP contribution in [0.3, 0.4) is 0 Å². The Kier molecular flexibility index (Phi) is 3.60. The first kappa shape index (κ1) is 13.7. The van der Waals surface area contributed by atoms with E-state index in [1.807, 2.05) is 26.1 Å². The van der Waals surface area contributed by atoms with Crippen molar-refractivity contribution >= 4 is 39.4 Å². The summed E-state index contributed by atoms with van der Waals surface area (Å²) in [4.78, 5) is 11.9. The van der Waals surface area contributed by atoms with Gasteiger partial charge in [-0.3, -0.25) is 9.48 Å². The molecule has 1 aromatic carbocycles. The number of aromatic nitrogens is 2. The minimum absolute atomic E-state index is 0.0248. The van der Waals surface area contributed by atoms with Gasteiger partial charge in [0, 0.05) is 17.1 Å². The van der Waals surface area contributed by atoms with E-state index in [1.54, 1.807) is 16.4 Å². The fourth-order valence-electron chi connectivity index (χ4n) is 2.48. The number of halogens is 1. The molecule has 1 aliphatic heterocycles. The summed E-state index contributed by atoms with van der Waals surface area (Å²) in [5.74, 6) is 1.28. The molecule has 1 aromatic heterocycles. The van der Waals surface area contributed by atoms with Crippen LogP contribution < -0.4 is 5.32 Å². The minimum atomic E-state index is 0.0248. The zero-order valence-corrected chi connectivity index (χ0v) is 13.6. The fourth-order valence-corrected chi connectivity index (χ4v) is 4.07. The van der Waals surface area contributed by atoms with Crippen LogP contribution in [-0.4, -0.2) is 21.4 Å². The predicted molar refractivity (Wildman–Crippen MR) is 85.0 cm³/mol. The smallest absolute Gasteiger partial charge is 0.235 e. The first-order chi connectivity index (χ1) is 9.56. The summed E-state index contributed by atoms with van der Waals surface area (Å²) in [6, 6.07) is 8.22. The molecule has 104 valence electrons. The van der Waals surface area contributed by atoms with Gasteiger partial charge >= 0.3 is 0 Å². The van der Waals surface area contributed by atoms with Crippen LogP contribution in [0.15, 0.2) is 28.7 Å². The number of carbonyl (C=O) groups is 1. The second-order valence-electron chi connectivity index (χ2n) is 4.77. The number of nitrogens with zero attached hydrogens (tertiary/aromatic N) is 2. The van der Waals surface area contributed by atoms with Gasteiger partial charge in [-0.2, -0.15) is 5.10 Å². The largest absolute Gasteiger partial charge is 0.310 e. The van der Waals surface area contributed by atoms with Crippen LogP contribution in [0.1, 0.15) is 22.1 Å². The van der Waals surface area contributed by atoms with Crippen molar-refractivity contribution in [1.82, 2.24) is 9.78 Å². The Hall–Kier alpha value is -1.27. The van der Waals surface area contributed by atoms with Crippen molar-refractivity contribution in [2.75, 3.05) is 11.1 Å². The number of hydrogen-bond donors (Lipinski definition) is 1. The second-order valence-corrected chi connectivity index (χ2v) is 6.77. The van der Waals surface area contributed by atoms with Crippen LogP contribution in [0.25, 0.3) is 0 Å². The van der Waals surface area contributed by atoms with Gasteiger partial charge in [0.05, 0.1) is 16.7 Å². The third-order valence-electron chi connectivity index (χ3n) is 3.32. The monoisotopic (exact) mass is 351 g/mol. The first-order valence-corrected chi connectivity index (χ1v) is 8.11. The van der Waals surface area contributed by atoms with Gasteiger partial charge in [-0.1, -0.05) is 28.1 Å². The standard InChI is InChI=1S/C14H14BrN3OS/c1-8-12-13(9-4-3-5-10(15)6-9)20-7-11(19)16-14(12)18(2)17-8/h3-6,13H,7H2,1-2H3,(H,16,19). The lowest BCUT2D eigenvalue weighted by Gasteiger charge is -2.15. The quantitative estimate of drug-likeness (QED) is 0.857. The summed E-state index contributed by atoms with van der Waals surface area (Å²) in [5, 5.41) is 7.52. The number of fused-ring (bicyclic) bond motifs is 1. The number of anilines is 1. The van der Waals surface area contributed by atoms with E-state index in [1.165, 1.54) is 5.56 Å². The number of nitrogens with one attached hydrogen (secondary N) is 1. The Morgan fingerprint density at radius 1 is 1.50 bits per heavy atom. The second kappa shape index (κ2) is 5.26. The lowest BCUT2D eigenvalue weighted by Crippen LogP contribution is -2.15. The summed E-state index contributed by atoms with van der Waals surface area (Å²) >= 11 is 5.15. The van der Waals surface area contributed by atoms with Gasteiger partial charge in [0.25, 0.3) is 0 Å². The molecule has 0 bridgehead atoms. The third kappa shape index (κ3) is 2.38. The molecule has 0 fully saturated rings. The molecule has 1 atom stereocenters. The van der Waals surface area contributed by atoms with E-state index in [4.69, 9.17) is 0 Å². The van der Waals surface area contributed by atoms with Gasteiger partial charge in [-0.15, -0.1) is 11.8 Å². The maximum absolute atomic E-state index is 11.9.